The molecule has 0 unspecified atom stereocenters. The summed E-state index contributed by atoms with van der Waals surface area (Å²) in [6.45, 7) is 4.32. The number of imidazole rings is 1. The van der Waals surface area contributed by atoms with Gasteiger partial charge in [-0.2, -0.15) is 0 Å². The maximum absolute atomic E-state index is 13.5. The average Bonchev–Trinajstić information content (AvgIpc) is 3.32. The van der Waals surface area contributed by atoms with Crippen molar-refractivity contribution in [1.29, 1.82) is 0 Å². The molecule has 3 heterocycles. The Morgan fingerprint density at radius 2 is 1.78 bits per heavy atom. The van der Waals surface area contributed by atoms with Gasteiger partial charge in [0.2, 0.25) is 0 Å². The number of rotatable bonds is 6. The van der Waals surface area contributed by atoms with E-state index in [1.54, 1.807) is 48.9 Å². The number of amides is 2. The lowest BCUT2D eigenvalue weighted by Crippen LogP contribution is -2.24. The fraction of sp³-hybridized carbons (Fsp3) is 0.138. The SMILES string of the molecule is Cc1cc(C)c2nc(-c3cccnc3)cc(C(=O)Nc3ccc(C(=O)NCc4nccn4C)cc3)c2c1. The highest BCUT2D eigenvalue weighted by atomic mass is 16.2. The average molecular weight is 491 g/mol. The molecule has 8 heteroatoms. The van der Waals surface area contributed by atoms with Crippen molar-refractivity contribution in [1.82, 2.24) is 24.8 Å². The van der Waals surface area contributed by atoms with Crippen LogP contribution < -0.4 is 10.6 Å². The van der Waals surface area contributed by atoms with Crippen molar-refractivity contribution in [2.45, 2.75) is 20.4 Å². The lowest BCUT2D eigenvalue weighted by molar-refractivity contribution is 0.0949. The summed E-state index contributed by atoms with van der Waals surface area (Å²) in [4.78, 5) is 39.3. The second-order valence-corrected chi connectivity index (χ2v) is 8.94. The zero-order chi connectivity index (χ0) is 25.9. The summed E-state index contributed by atoms with van der Waals surface area (Å²) in [5.74, 6) is 0.292. The first-order chi connectivity index (χ1) is 17.9. The summed E-state index contributed by atoms with van der Waals surface area (Å²) >= 11 is 0. The highest BCUT2D eigenvalue weighted by Gasteiger charge is 2.17. The molecule has 0 aliphatic rings. The van der Waals surface area contributed by atoms with Crippen molar-refractivity contribution in [2.24, 2.45) is 7.05 Å². The number of nitrogens with one attached hydrogen (secondary N) is 2. The first kappa shape index (κ1) is 23.9. The van der Waals surface area contributed by atoms with E-state index in [2.05, 4.69) is 26.7 Å². The number of fused-ring (bicyclic) bond motifs is 1. The molecule has 2 aromatic carbocycles. The van der Waals surface area contributed by atoms with Crippen LogP contribution in [0.25, 0.3) is 22.2 Å². The molecule has 0 atom stereocenters. The fourth-order valence-electron chi connectivity index (χ4n) is 4.26. The van der Waals surface area contributed by atoms with Gasteiger partial charge in [0, 0.05) is 54.0 Å². The smallest absolute Gasteiger partial charge is 0.256 e. The van der Waals surface area contributed by atoms with Crippen LogP contribution in [0.4, 0.5) is 5.69 Å². The van der Waals surface area contributed by atoms with Gasteiger partial charge < -0.3 is 15.2 Å². The topological polar surface area (TPSA) is 102 Å². The zero-order valence-electron chi connectivity index (χ0n) is 20.8. The number of anilines is 1. The number of hydrogen-bond acceptors (Lipinski definition) is 5. The molecule has 184 valence electrons. The number of aryl methyl sites for hydroxylation is 3. The van der Waals surface area contributed by atoms with Crippen molar-refractivity contribution < 1.29 is 9.59 Å². The molecule has 2 N–H and O–H groups in total. The molecular formula is C29H26N6O2. The minimum absolute atomic E-state index is 0.215. The van der Waals surface area contributed by atoms with E-state index in [1.165, 1.54) is 0 Å². The maximum Gasteiger partial charge on any atom is 0.256 e. The molecule has 0 saturated heterocycles. The molecule has 0 fully saturated rings. The van der Waals surface area contributed by atoms with Gasteiger partial charge in [0.15, 0.2) is 0 Å². The third-order valence-electron chi connectivity index (χ3n) is 6.18. The number of benzene rings is 2. The molecule has 2 amide bonds. The summed E-state index contributed by atoms with van der Waals surface area (Å²) in [6.07, 6.45) is 6.95. The Labute approximate surface area is 214 Å². The molecule has 0 aliphatic carbocycles. The van der Waals surface area contributed by atoms with Gasteiger partial charge in [-0.15, -0.1) is 0 Å². The van der Waals surface area contributed by atoms with E-state index in [0.29, 0.717) is 29.1 Å². The van der Waals surface area contributed by atoms with Crippen LogP contribution in [0.3, 0.4) is 0 Å². The summed E-state index contributed by atoms with van der Waals surface area (Å²) in [5, 5.41) is 6.61. The fourth-order valence-corrected chi connectivity index (χ4v) is 4.26. The Hall–Kier alpha value is -4.85. The molecule has 37 heavy (non-hydrogen) atoms. The minimum atomic E-state index is -0.255. The molecule has 0 aliphatic heterocycles. The van der Waals surface area contributed by atoms with E-state index in [1.807, 2.05) is 49.9 Å². The molecular weight excluding hydrogens is 464 g/mol. The molecule has 0 bridgehead atoms. The Bertz CT molecular complexity index is 1610. The monoisotopic (exact) mass is 490 g/mol. The van der Waals surface area contributed by atoms with Crippen molar-refractivity contribution in [3.05, 3.63) is 107 Å². The molecule has 5 aromatic rings. The molecule has 3 aromatic heterocycles. The number of hydrogen-bond donors (Lipinski definition) is 2. The second kappa shape index (κ2) is 10.0. The third kappa shape index (κ3) is 5.08. The predicted octanol–water partition coefficient (Wildman–Crippen LogP) is 4.83. The van der Waals surface area contributed by atoms with Gasteiger partial charge in [0.05, 0.1) is 23.3 Å². The number of carbonyl (C=O) groups is 2. The van der Waals surface area contributed by atoms with Crippen molar-refractivity contribution in [3.8, 4) is 11.3 Å². The number of aromatic nitrogens is 4. The Morgan fingerprint density at radius 3 is 2.49 bits per heavy atom. The standard InChI is InChI=1S/C29H26N6O2/c1-18-13-19(2)27-23(14-18)24(15-25(34-27)21-5-4-10-30-16-21)29(37)33-22-8-6-20(7-9-22)28(36)32-17-26-31-11-12-35(26)3/h4-16H,17H2,1-3H3,(H,32,36)(H,33,37). The number of pyridine rings is 2. The van der Waals surface area contributed by atoms with E-state index in [-0.39, 0.29) is 11.8 Å². The Balaban J connectivity index is 1.39. The van der Waals surface area contributed by atoms with Crippen LogP contribution in [0.1, 0.15) is 37.7 Å². The highest BCUT2D eigenvalue weighted by molar-refractivity contribution is 6.13. The molecule has 8 nitrogen and oxygen atoms in total. The van der Waals surface area contributed by atoms with Crippen LogP contribution in [0.15, 0.2) is 79.4 Å². The Kier molecular flexibility index (Phi) is 6.47. The lowest BCUT2D eigenvalue weighted by atomic mass is 9.99. The second-order valence-electron chi connectivity index (χ2n) is 8.94. The van der Waals surface area contributed by atoms with Crippen molar-refractivity contribution in [3.63, 3.8) is 0 Å². The van der Waals surface area contributed by atoms with Gasteiger partial charge in [0.25, 0.3) is 11.8 Å². The lowest BCUT2D eigenvalue weighted by Gasteiger charge is -2.13. The van der Waals surface area contributed by atoms with E-state index in [0.717, 1.165) is 33.4 Å². The van der Waals surface area contributed by atoms with Crippen LogP contribution in [0, 0.1) is 13.8 Å². The summed E-state index contributed by atoms with van der Waals surface area (Å²) in [6, 6.07) is 16.4. The normalized spacial score (nSPS) is 10.9. The first-order valence-corrected chi connectivity index (χ1v) is 11.9. The summed E-state index contributed by atoms with van der Waals surface area (Å²) in [7, 11) is 1.88. The van der Waals surface area contributed by atoms with E-state index < -0.39 is 0 Å². The van der Waals surface area contributed by atoms with E-state index >= 15 is 0 Å². The zero-order valence-corrected chi connectivity index (χ0v) is 20.8. The minimum Gasteiger partial charge on any atom is -0.345 e. The van der Waals surface area contributed by atoms with Gasteiger partial charge in [-0.3, -0.25) is 14.6 Å². The highest BCUT2D eigenvalue weighted by Crippen LogP contribution is 2.28. The van der Waals surface area contributed by atoms with Gasteiger partial charge in [-0.1, -0.05) is 11.6 Å². The van der Waals surface area contributed by atoms with E-state index in [9.17, 15) is 9.59 Å². The molecule has 0 saturated carbocycles. The Morgan fingerprint density at radius 1 is 0.973 bits per heavy atom. The molecule has 0 radical (unpaired) electrons. The van der Waals surface area contributed by atoms with Crippen LogP contribution >= 0.6 is 0 Å². The summed E-state index contributed by atoms with van der Waals surface area (Å²) in [5.41, 5.74) is 5.93. The van der Waals surface area contributed by atoms with Crippen LogP contribution in [0.5, 0.6) is 0 Å². The van der Waals surface area contributed by atoms with Gasteiger partial charge in [-0.05, 0) is 67.9 Å². The van der Waals surface area contributed by atoms with Crippen LogP contribution in [0.2, 0.25) is 0 Å². The first-order valence-electron chi connectivity index (χ1n) is 11.9. The van der Waals surface area contributed by atoms with Crippen LogP contribution in [-0.4, -0.2) is 31.3 Å². The van der Waals surface area contributed by atoms with Crippen molar-refractivity contribution in [2.75, 3.05) is 5.32 Å². The quantitative estimate of drug-likeness (QED) is 0.355. The molecule has 5 rings (SSSR count). The van der Waals surface area contributed by atoms with Gasteiger partial charge in [-0.25, -0.2) is 9.97 Å². The van der Waals surface area contributed by atoms with E-state index in [4.69, 9.17) is 4.98 Å². The summed E-state index contributed by atoms with van der Waals surface area (Å²) < 4.78 is 1.85. The molecule has 0 spiro atoms. The largest absolute Gasteiger partial charge is 0.345 e. The maximum atomic E-state index is 13.5. The third-order valence-corrected chi connectivity index (χ3v) is 6.18. The van der Waals surface area contributed by atoms with Crippen molar-refractivity contribution >= 4 is 28.4 Å². The number of carbonyl (C=O) groups excluding carboxylic acids is 2. The predicted molar refractivity (Wildman–Crippen MR) is 143 cm³/mol. The number of nitrogens with zero attached hydrogens (tertiary/aromatic N) is 4. The van der Waals surface area contributed by atoms with Gasteiger partial charge >= 0.3 is 0 Å². The van der Waals surface area contributed by atoms with Gasteiger partial charge in [0.1, 0.15) is 5.82 Å². The van der Waals surface area contributed by atoms with Crippen LogP contribution in [-0.2, 0) is 13.6 Å².